The highest BCUT2D eigenvalue weighted by Crippen LogP contribution is 2.38. The lowest BCUT2D eigenvalue weighted by Gasteiger charge is -2.24. The van der Waals surface area contributed by atoms with Crippen molar-refractivity contribution < 1.29 is 0 Å². The molecule has 0 amide bonds. The molecule has 0 spiro atoms. The Bertz CT molecular complexity index is 427. The van der Waals surface area contributed by atoms with Crippen molar-refractivity contribution in [3.8, 4) is 0 Å². The molecule has 1 saturated heterocycles. The van der Waals surface area contributed by atoms with Gasteiger partial charge in [0.2, 0.25) is 0 Å². The van der Waals surface area contributed by atoms with E-state index < -0.39 is 0 Å². The molecule has 0 aromatic carbocycles. The Labute approximate surface area is 109 Å². The molecule has 18 heavy (non-hydrogen) atoms. The fourth-order valence-corrected chi connectivity index (χ4v) is 3.52. The van der Waals surface area contributed by atoms with Crippen molar-refractivity contribution in [1.82, 2.24) is 9.88 Å². The molecule has 2 aliphatic rings. The number of likely N-dealkylation sites (tertiary alicyclic amines) is 1. The van der Waals surface area contributed by atoms with Gasteiger partial charge in [-0.2, -0.15) is 0 Å². The minimum atomic E-state index is 0.795. The first-order chi connectivity index (χ1) is 8.88. The molecule has 96 valence electrons. The fourth-order valence-electron chi connectivity index (χ4n) is 3.52. The van der Waals surface area contributed by atoms with E-state index in [-0.39, 0.29) is 0 Å². The van der Waals surface area contributed by atoms with Crippen molar-refractivity contribution in [2.24, 2.45) is 11.7 Å². The third-order valence-electron chi connectivity index (χ3n) is 4.44. The van der Waals surface area contributed by atoms with Crippen LogP contribution in [0.3, 0.4) is 0 Å². The average molecular weight is 243 g/mol. The van der Waals surface area contributed by atoms with Gasteiger partial charge in [-0.3, -0.25) is 9.88 Å². The van der Waals surface area contributed by atoms with E-state index >= 15 is 0 Å². The van der Waals surface area contributed by atoms with Gasteiger partial charge in [0.15, 0.2) is 0 Å². The Morgan fingerprint density at radius 1 is 1.39 bits per heavy atom. The monoisotopic (exact) mass is 243 g/mol. The molecule has 2 atom stereocenters. The predicted octanol–water partition coefficient (Wildman–Crippen LogP) is 2.26. The number of pyridine rings is 1. The molecule has 2 heterocycles. The standard InChI is InChI=1S/C15H21N3/c16-10-13(14-5-1-2-8-17-14)11-18-9-7-12-4-3-6-15(12)18/h1-2,5,8,10,12,15H,3-4,6-7,9,11,16H2/t12-,15-/m1/s1. The van der Waals surface area contributed by atoms with Gasteiger partial charge in [0.05, 0.1) is 5.69 Å². The summed E-state index contributed by atoms with van der Waals surface area (Å²) in [5, 5.41) is 0. The number of hydrogen-bond acceptors (Lipinski definition) is 3. The van der Waals surface area contributed by atoms with Crippen LogP contribution in [0.1, 0.15) is 31.4 Å². The minimum absolute atomic E-state index is 0.795. The third kappa shape index (κ3) is 2.15. The van der Waals surface area contributed by atoms with Crippen molar-refractivity contribution in [3.63, 3.8) is 0 Å². The van der Waals surface area contributed by atoms with Crippen molar-refractivity contribution >= 4 is 5.57 Å². The lowest BCUT2D eigenvalue weighted by Crippen LogP contribution is -2.31. The maximum Gasteiger partial charge on any atom is 0.0689 e. The van der Waals surface area contributed by atoms with E-state index in [4.69, 9.17) is 5.73 Å². The highest BCUT2D eigenvalue weighted by atomic mass is 15.2. The van der Waals surface area contributed by atoms with Crippen molar-refractivity contribution in [2.75, 3.05) is 13.1 Å². The summed E-state index contributed by atoms with van der Waals surface area (Å²) in [5.41, 5.74) is 7.96. The van der Waals surface area contributed by atoms with Gasteiger partial charge in [-0.1, -0.05) is 12.5 Å². The van der Waals surface area contributed by atoms with Crippen LogP contribution in [-0.4, -0.2) is 29.0 Å². The number of hydrogen-bond donors (Lipinski definition) is 1. The lowest BCUT2D eigenvalue weighted by molar-refractivity contribution is 0.270. The van der Waals surface area contributed by atoms with E-state index in [1.54, 1.807) is 6.20 Å². The van der Waals surface area contributed by atoms with Gasteiger partial charge in [0.1, 0.15) is 0 Å². The molecule has 3 heteroatoms. The summed E-state index contributed by atoms with van der Waals surface area (Å²) >= 11 is 0. The molecule has 1 aliphatic carbocycles. The first-order valence-corrected chi connectivity index (χ1v) is 6.94. The second-order valence-electron chi connectivity index (χ2n) is 5.42. The molecule has 1 aliphatic heterocycles. The molecule has 0 unspecified atom stereocenters. The Hall–Kier alpha value is -1.35. The van der Waals surface area contributed by atoms with E-state index in [9.17, 15) is 0 Å². The molecule has 3 rings (SSSR count). The van der Waals surface area contributed by atoms with Gasteiger partial charge >= 0.3 is 0 Å². The van der Waals surface area contributed by atoms with Crippen LogP contribution in [0.25, 0.3) is 5.57 Å². The molecule has 2 fully saturated rings. The SMILES string of the molecule is NC=C(CN1CC[C@H]2CCC[C@H]21)c1ccccn1. The molecule has 3 nitrogen and oxygen atoms in total. The fraction of sp³-hybridized carbons (Fsp3) is 0.533. The van der Waals surface area contributed by atoms with Gasteiger partial charge < -0.3 is 5.73 Å². The van der Waals surface area contributed by atoms with Crippen LogP contribution in [0.2, 0.25) is 0 Å². The molecule has 0 bridgehead atoms. The van der Waals surface area contributed by atoms with Crippen LogP contribution in [0.5, 0.6) is 0 Å². The number of aromatic nitrogens is 1. The summed E-state index contributed by atoms with van der Waals surface area (Å²) in [6.07, 6.45) is 9.12. The number of fused-ring (bicyclic) bond motifs is 1. The van der Waals surface area contributed by atoms with Gasteiger partial charge in [0, 0.05) is 30.6 Å². The Morgan fingerprint density at radius 2 is 2.33 bits per heavy atom. The smallest absolute Gasteiger partial charge is 0.0689 e. The van der Waals surface area contributed by atoms with Crippen LogP contribution in [0.4, 0.5) is 0 Å². The quantitative estimate of drug-likeness (QED) is 0.885. The predicted molar refractivity (Wildman–Crippen MR) is 73.7 cm³/mol. The van der Waals surface area contributed by atoms with Crippen LogP contribution in [0.15, 0.2) is 30.6 Å². The van der Waals surface area contributed by atoms with Gasteiger partial charge in [-0.15, -0.1) is 0 Å². The van der Waals surface area contributed by atoms with Crippen molar-refractivity contribution in [3.05, 3.63) is 36.3 Å². The summed E-state index contributed by atoms with van der Waals surface area (Å²) in [5.74, 6) is 0.938. The Morgan fingerprint density at radius 3 is 3.11 bits per heavy atom. The third-order valence-corrected chi connectivity index (χ3v) is 4.44. The Balaban J connectivity index is 1.72. The van der Waals surface area contributed by atoms with Crippen LogP contribution < -0.4 is 5.73 Å². The van der Waals surface area contributed by atoms with Crippen molar-refractivity contribution in [2.45, 2.75) is 31.7 Å². The minimum Gasteiger partial charge on any atom is -0.404 e. The summed E-state index contributed by atoms with van der Waals surface area (Å²) in [7, 11) is 0. The van der Waals surface area contributed by atoms with Crippen LogP contribution in [0, 0.1) is 5.92 Å². The van der Waals surface area contributed by atoms with E-state index in [0.29, 0.717) is 0 Å². The second kappa shape index (κ2) is 5.11. The van der Waals surface area contributed by atoms with E-state index in [1.165, 1.54) is 32.2 Å². The zero-order valence-corrected chi connectivity index (χ0v) is 10.8. The summed E-state index contributed by atoms with van der Waals surface area (Å²) < 4.78 is 0. The number of nitrogens with two attached hydrogens (primary N) is 1. The van der Waals surface area contributed by atoms with Crippen LogP contribution in [-0.2, 0) is 0 Å². The summed E-state index contributed by atoms with van der Waals surface area (Å²) in [4.78, 5) is 7.00. The molecule has 2 N–H and O–H groups in total. The molecule has 0 radical (unpaired) electrons. The maximum absolute atomic E-state index is 5.79. The summed E-state index contributed by atoms with van der Waals surface area (Å²) in [6, 6.07) is 6.80. The normalized spacial score (nSPS) is 28.6. The van der Waals surface area contributed by atoms with Gasteiger partial charge in [0.25, 0.3) is 0 Å². The molecule has 1 aromatic rings. The topological polar surface area (TPSA) is 42.1 Å². The zero-order valence-electron chi connectivity index (χ0n) is 10.8. The second-order valence-corrected chi connectivity index (χ2v) is 5.42. The largest absolute Gasteiger partial charge is 0.404 e. The van der Waals surface area contributed by atoms with Gasteiger partial charge in [-0.05, 0) is 43.9 Å². The highest BCUT2D eigenvalue weighted by Gasteiger charge is 2.37. The summed E-state index contributed by atoms with van der Waals surface area (Å²) in [6.45, 7) is 2.17. The molecular weight excluding hydrogens is 222 g/mol. The molecular formula is C15H21N3. The van der Waals surface area contributed by atoms with E-state index in [1.807, 2.05) is 24.4 Å². The zero-order chi connectivity index (χ0) is 12.4. The first-order valence-electron chi connectivity index (χ1n) is 6.94. The highest BCUT2D eigenvalue weighted by molar-refractivity contribution is 5.63. The number of nitrogens with zero attached hydrogens (tertiary/aromatic N) is 2. The van der Waals surface area contributed by atoms with Crippen molar-refractivity contribution in [1.29, 1.82) is 0 Å². The maximum atomic E-state index is 5.79. The lowest BCUT2D eigenvalue weighted by atomic mass is 10.0. The van der Waals surface area contributed by atoms with E-state index in [2.05, 4.69) is 9.88 Å². The average Bonchev–Trinajstić information content (AvgIpc) is 3.01. The Kier molecular flexibility index (Phi) is 3.33. The van der Waals surface area contributed by atoms with Crippen LogP contribution >= 0.6 is 0 Å². The number of rotatable bonds is 3. The molecule has 1 saturated carbocycles. The molecule has 1 aromatic heterocycles. The van der Waals surface area contributed by atoms with Gasteiger partial charge in [-0.25, -0.2) is 0 Å². The van der Waals surface area contributed by atoms with E-state index in [0.717, 1.165) is 29.8 Å². The first kappa shape index (κ1) is 11.7.